The van der Waals surface area contributed by atoms with Crippen LogP contribution in [0.3, 0.4) is 0 Å². The highest BCUT2D eigenvalue weighted by molar-refractivity contribution is 5.45. The van der Waals surface area contributed by atoms with Crippen molar-refractivity contribution in [2.24, 2.45) is 0 Å². The number of nitrogens with zero attached hydrogens (tertiary/aromatic N) is 1. The first-order valence-corrected chi connectivity index (χ1v) is 7.68. The molecular weight excluding hydrogens is 232 g/mol. The van der Waals surface area contributed by atoms with Crippen molar-refractivity contribution >= 4 is 5.69 Å². The average Bonchev–Trinajstić information content (AvgIpc) is 2.37. The van der Waals surface area contributed by atoms with Crippen LogP contribution < -0.4 is 5.32 Å². The molecule has 1 rings (SSSR count). The molecule has 0 saturated carbocycles. The predicted molar refractivity (Wildman–Crippen MR) is 85.9 cm³/mol. The Bertz CT molecular complexity index is 347. The third-order valence-corrected chi connectivity index (χ3v) is 3.53. The standard InChI is InChI=1S/C17H30N2/c1-5-6-7-12-19(15(2)3)13-11-18-17-10-8-9-16(4)14-17/h8-10,14-15,18H,5-7,11-13H2,1-4H3. The van der Waals surface area contributed by atoms with Gasteiger partial charge >= 0.3 is 0 Å². The minimum Gasteiger partial charge on any atom is -0.384 e. The second kappa shape index (κ2) is 8.98. The maximum absolute atomic E-state index is 3.52. The van der Waals surface area contributed by atoms with Crippen molar-refractivity contribution < 1.29 is 0 Å². The van der Waals surface area contributed by atoms with E-state index >= 15 is 0 Å². The maximum atomic E-state index is 3.52. The second-order valence-corrected chi connectivity index (χ2v) is 5.63. The van der Waals surface area contributed by atoms with Gasteiger partial charge in [0.1, 0.15) is 0 Å². The van der Waals surface area contributed by atoms with Crippen LogP contribution in [-0.4, -0.2) is 30.6 Å². The fraction of sp³-hybridized carbons (Fsp3) is 0.647. The fourth-order valence-corrected chi connectivity index (χ4v) is 2.29. The molecule has 1 N–H and O–H groups in total. The van der Waals surface area contributed by atoms with Crippen molar-refractivity contribution in [3.05, 3.63) is 29.8 Å². The van der Waals surface area contributed by atoms with E-state index < -0.39 is 0 Å². The zero-order valence-electron chi connectivity index (χ0n) is 13.1. The monoisotopic (exact) mass is 262 g/mol. The number of nitrogens with one attached hydrogen (secondary N) is 1. The minimum absolute atomic E-state index is 0.635. The zero-order chi connectivity index (χ0) is 14.1. The summed E-state index contributed by atoms with van der Waals surface area (Å²) in [6.45, 7) is 12.3. The molecule has 0 bridgehead atoms. The van der Waals surface area contributed by atoms with Crippen molar-refractivity contribution in [3.63, 3.8) is 0 Å². The summed E-state index contributed by atoms with van der Waals surface area (Å²) in [5.74, 6) is 0. The molecule has 19 heavy (non-hydrogen) atoms. The van der Waals surface area contributed by atoms with E-state index in [-0.39, 0.29) is 0 Å². The lowest BCUT2D eigenvalue weighted by atomic mass is 10.2. The number of anilines is 1. The van der Waals surface area contributed by atoms with Crippen LogP contribution in [0.1, 0.15) is 45.6 Å². The summed E-state index contributed by atoms with van der Waals surface area (Å²) >= 11 is 0. The number of benzene rings is 1. The highest BCUT2D eigenvalue weighted by atomic mass is 15.2. The molecule has 0 radical (unpaired) electrons. The normalized spacial score (nSPS) is 11.3. The number of hydrogen-bond donors (Lipinski definition) is 1. The molecule has 0 atom stereocenters. The molecule has 0 aliphatic rings. The summed E-state index contributed by atoms with van der Waals surface area (Å²) in [7, 11) is 0. The van der Waals surface area contributed by atoms with Crippen LogP contribution in [0.5, 0.6) is 0 Å². The van der Waals surface area contributed by atoms with E-state index in [2.05, 4.69) is 62.2 Å². The summed E-state index contributed by atoms with van der Waals surface area (Å²) < 4.78 is 0. The molecular formula is C17H30N2. The van der Waals surface area contributed by atoms with Gasteiger partial charge in [-0.2, -0.15) is 0 Å². The third kappa shape index (κ3) is 6.63. The summed E-state index contributed by atoms with van der Waals surface area (Å²) in [6, 6.07) is 9.23. The van der Waals surface area contributed by atoms with Gasteiger partial charge in [0.15, 0.2) is 0 Å². The molecule has 0 aliphatic carbocycles. The van der Waals surface area contributed by atoms with Gasteiger partial charge in [0.2, 0.25) is 0 Å². The Morgan fingerprint density at radius 2 is 1.95 bits per heavy atom. The van der Waals surface area contributed by atoms with Crippen molar-refractivity contribution in [2.75, 3.05) is 25.0 Å². The summed E-state index contributed by atoms with van der Waals surface area (Å²) in [4.78, 5) is 2.57. The molecule has 0 amide bonds. The topological polar surface area (TPSA) is 15.3 Å². The molecule has 0 aliphatic heterocycles. The van der Waals surface area contributed by atoms with E-state index in [0.29, 0.717) is 6.04 Å². The molecule has 108 valence electrons. The highest BCUT2D eigenvalue weighted by Gasteiger charge is 2.08. The zero-order valence-corrected chi connectivity index (χ0v) is 13.1. The molecule has 0 saturated heterocycles. The number of hydrogen-bond acceptors (Lipinski definition) is 2. The van der Waals surface area contributed by atoms with Crippen LogP contribution in [0.2, 0.25) is 0 Å². The lowest BCUT2D eigenvalue weighted by Crippen LogP contribution is -2.35. The molecule has 1 aromatic carbocycles. The van der Waals surface area contributed by atoms with Crippen LogP contribution in [0.15, 0.2) is 24.3 Å². The van der Waals surface area contributed by atoms with Gasteiger partial charge in [0.05, 0.1) is 0 Å². The maximum Gasteiger partial charge on any atom is 0.0343 e. The molecule has 0 unspecified atom stereocenters. The smallest absolute Gasteiger partial charge is 0.0343 e. The lowest BCUT2D eigenvalue weighted by Gasteiger charge is -2.26. The Labute approximate surface area is 119 Å². The van der Waals surface area contributed by atoms with Gasteiger partial charge in [-0.15, -0.1) is 0 Å². The van der Waals surface area contributed by atoms with Gasteiger partial charge in [-0.3, -0.25) is 4.90 Å². The lowest BCUT2D eigenvalue weighted by molar-refractivity contribution is 0.225. The van der Waals surface area contributed by atoms with Crippen molar-refractivity contribution in [1.82, 2.24) is 4.90 Å². The molecule has 0 heterocycles. The van der Waals surface area contributed by atoms with Crippen LogP contribution in [0, 0.1) is 6.92 Å². The van der Waals surface area contributed by atoms with E-state index in [4.69, 9.17) is 0 Å². The van der Waals surface area contributed by atoms with Crippen LogP contribution in [0.4, 0.5) is 5.69 Å². The van der Waals surface area contributed by atoms with Gasteiger partial charge in [0, 0.05) is 24.8 Å². The number of aryl methyl sites for hydroxylation is 1. The molecule has 0 spiro atoms. The largest absolute Gasteiger partial charge is 0.384 e. The quantitative estimate of drug-likeness (QED) is 0.667. The predicted octanol–water partition coefficient (Wildman–Crippen LogP) is 4.31. The SMILES string of the molecule is CCCCCN(CCNc1cccc(C)c1)C(C)C. The second-order valence-electron chi connectivity index (χ2n) is 5.63. The van der Waals surface area contributed by atoms with E-state index in [1.807, 2.05) is 0 Å². The van der Waals surface area contributed by atoms with E-state index in [9.17, 15) is 0 Å². The third-order valence-electron chi connectivity index (χ3n) is 3.53. The van der Waals surface area contributed by atoms with Gasteiger partial charge < -0.3 is 5.32 Å². The molecule has 0 fully saturated rings. The summed E-state index contributed by atoms with van der Waals surface area (Å²) in [5.41, 5.74) is 2.55. The van der Waals surface area contributed by atoms with E-state index in [1.54, 1.807) is 0 Å². The number of rotatable bonds is 9. The van der Waals surface area contributed by atoms with Crippen LogP contribution in [-0.2, 0) is 0 Å². The van der Waals surface area contributed by atoms with Crippen molar-refractivity contribution in [3.8, 4) is 0 Å². The molecule has 2 heteroatoms. The average molecular weight is 262 g/mol. The van der Waals surface area contributed by atoms with Gasteiger partial charge in [0.25, 0.3) is 0 Å². The first kappa shape index (κ1) is 16.0. The van der Waals surface area contributed by atoms with Crippen LogP contribution in [0.25, 0.3) is 0 Å². The summed E-state index contributed by atoms with van der Waals surface area (Å²) in [6.07, 6.45) is 3.96. The Balaban J connectivity index is 2.31. The Morgan fingerprint density at radius 3 is 2.58 bits per heavy atom. The van der Waals surface area contributed by atoms with Crippen molar-refractivity contribution in [1.29, 1.82) is 0 Å². The van der Waals surface area contributed by atoms with Gasteiger partial charge in [-0.1, -0.05) is 31.9 Å². The first-order valence-electron chi connectivity index (χ1n) is 7.68. The molecule has 0 aromatic heterocycles. The van der Waals surface area contributed by atoms with Gasteiger partial charge in [-0.25, -0.2) is 0 Å². The van der Waals surface area contributed by atoms with E-state index in [1.165, 1.54) is 37.1 Å². The molecule has 1 aromatic rings. The highest BCUT2D eigenvalue weighted by Crippen LogP contribution is 2.09. The molecule has 2 nitrogen and oxygen atoms in total. The Morgan fingerprint density at radius 1 is 1.16 bits per heavy atom. The Hall–Kier alpha value is -1.02. The fourth-order valence-electron chi connectivity index (χ4n) is 2.29. The first-order chi connectivity index (χ1) is 9.13. The summed E-state index contributed by atoms with van der Waals surface area (Å²) in [5, 5.41) is 3.52. The van der Waals surface area contributed by atoms with Gasteiger partial charge in [-0.05, 0) is 51.4 Å². The Kier molecular flexibility index (Phi) is 7.57. The van der Waals surface area contributed by atoms with E-state index in [0.717, 1.165) is 13.1 Å². The van der Waals surface area contributed by atoms with Crippen LogP contribution >= 0.6 is 0 Å². The minimum atomic E-state index is 0.635. The number of unbranched alkanes of at least 4 members (excludes halogenated alkanes) is 2. The van der Waals surface area contributed by atoms with Crippen molar-refractivity contribution in [2.45, 2.75) is 53.0 Å².